The highest BCUT2D eigenvalue weighted by molar-refractivity contribution is 7.94. The molecule has 96 valence electrons. The number of hydrogen-bond acceptors (Lipinski definition) is 4. The number of nitrogens with zero attached hydrogens (tertiary/aromatic N) is 1. The van der Waals surface area contributed by atoms with Gasteiger partial charge in [-0.2, -0.15) is 4.31 Å². The minimum atomic E-state index is -3.95. The number of benzene rings is 2. The molecule has 1 aliphatic heterocycles. The number of carbonyl (C=O) groups is 1. The molecular formula is C13H9NO4S. The van der Waals surface area contributed by atoms with E-state index in [1.807, 2.05) is 0 Å². The van der Waals surface area contributed by atoms with E-state index >= 15 is 0 Å². The largest absolute Gasteiger partial charge is 0.507 e. The Morgan fingerprint density at radius 3 is 2.26 bits per heavy atom. The minimum Gasteiger partial charge on any atom is -0.507 e. The normalized spacial score (nSPS) is 16.4. The van der Waals surface area contributed by atoms with Gasteiger partial charge in [0.25, 0.3) is 15.9 Å². The summed E-state index contributed by atoms with van der Waals surface area (Å²) in [5.74, 6) is -1.07. The van der Waals surface area contributed by atoms with Gasteiger partial charge in [-0.15, -0.1) is 0 Å². The third kappa shape index (κ3) is 1.53. The number of phenolic OH excluding ortho intramolecular Hbond substituents is 1. The number of rotatable bonds is 1. The number of carbonyl (C=O) groups excluding carboxylic acids is 1. The van der Waals surface area contributed by atoms with E-state index in [-0.39, 0.29) is 21.9 Å². The number of phenols is 1. The molecule has 1 heterocycles. The second-order valence-corrected chi connectivity index (χ2v) is 5.82. The molecule has 1 amide bonds. The average Bonchev–Trinajstić information content (AvgIpc) is 2.59. The van der Waals surface area contributed by atoms with Gasteiger partial charge in [0.05, 0.1) is 5.69 Å². The fraction of sp³-hybridized carbons (Fsp3) is 0. The molecule has 2 aromatic rings. The lowest BCUT2D eigenvalue weighted by Gasteiger charge is -2.14. The van der Waals surface area contributed by atoms with Gasteiger partial charge in [0, 0.05) is 0 Å². The Hall–Kier alpha value is -2.34. The number of sulfonamides is 1. The summed E-state index contributed by atoms with van der Waals surface area (Å²) in [6, 6.07) is 12.1. The van der Waals surface area contributed by atoms with Crippen molar-refractivity contribution in [3.05, 3.63) is 54.1 Å². The molecule has 0 spiro atoms. The van der Waals surface area contributed by atoms with E-state index in [2.05, 4.69) is 0 Å². The molecule has 6 heteroatoms. The van der Waals surface area contributed by atoms with Gasteiger partial charge in [0.15, 0.2) is 0 Å². The van der Waals surface area contributed by atoms with Crippen LogP contribution in [0.5, 0.6) is 5.75 Å². The van der Waals surface area contributed by atoms with E-state index in [1.165, 1.54) is 30.3 Å². The van der Waals surface area contributed by atoms with Crippen LogP contribution in [0.1, 0.15) is 10.4 Å². The quantitative estimate of drug-likeness (QED) is 0.860. The highest BCUT2D eigenvalue weighted by Crippen LogP contribution is 2.38. The Balaban J connectivity index is 2.28. The van der Waals surface area contributed by atoms with Gasteiger partial charge in [0.1, 0.15) is 16.2 Å². The lowest BCUT2D eigenvalue weighted by atomic mass is 10.2. The van der Waals surface area contributed by atoms with Crippen molar-refractivity contribution in [1.29, 1.82) is 0 Å². The lowest BCUT2D eigenvalue weighted by molar-refractivity contribution is 0.101. The van der Waals surface area contributed by atoms with Crippen LogP contribution < -0.4 is 4.31 Å². The van der Waals surface area contributed by atoms with Gasteiger partial charge in [-0.3, -0.25) is 4.79 Å². The molecule has 0 fully saturated rings. The number of hydrogen-bond donors (Lipinski definition) is 1. The van der Waals surface area contributed by atoms with Crippen LogP contribution in [-0.2, 0) is 10.0 Å². The van der Waals surface area contributed by atoms with Crippen LogP contribution in [0.15, 0.2) is 53.4 Å². The third-order valence-electron chi connectivity index (χ3n) is 2.91. The maximum atomic E-state index is 12.3. The fourth-order valence-electron chi connectivity index (χ4n) is 2.08. The molecule has 3 rings (SSSR count). The van der Waals surface area contributed by atoms with Crippen molar-refractivity contribution in [2.24, 2.45) is 0 Å². The first-order valence-electron chi connectivity index (χ1n) is 5.50. The van der Waals surface area contributed by atoms with Gasteiger partial charge in [0.2, 0.25) is 0 Å². The second-order valence-electron chi connectivity index (χ2n) is 4.06. The maximum Gasteiger partial charge on any atom is 0.277 e. The molecule has 1 aliphatic rings. The molecule has 0 saturated heterocycles. The van der Waals surface area contributed by atoms with Gasteiger partial charge >= 0.3 is 0 Å². The number of amides is 1. The molecule has 0 radical (unpaired) electrons. The average molecular weight is 275 g/mol. The van der Waals surface area contributed by atoms with Crippen molar-refractivity contribution in [3.63, 3.8) is 0 Å². The minimum absolute atomic E-state index is 0.165. The van der Waals surface area contributed by atoms with Crippen LogP contribution in [0.3, 0.4) is 0 Å². The Morgan fingerprint density at radius 1 is 0.947 bits per heavy atom. The maximum absolute atomic E-state index is 12.3. The summed E-state index contributed by atoms with van der Waals surface area (Å²) in [7, 11) is -3.95. The van der Waals surface area contributed by atoms with E-state index in [4.69, 9.17) is 0 Å². The molecule has 0 bridgehead atoms. The molecule has 19 heavy (non-hydrogen) atoms. The first-order valence-corrected chi connectivity index (χ1v) is 6.94. The zero-order valence-corrected chi connectivity index (χ0v) is 10.5. The predicted molar refractivity (Wildman–Crippen MR) is 68.5 cm³/mol. The van der Waals surface area contributed by atoms with Gasteiger partial charge < -0.3 is 5.11 Å². The number of fused-ring (bicyclic) bond motifs is 1. The van der Waals surface area contributed by atoms with Crippen molar-refractivity contribution in [1.82, 2.24) is 0 Å². The molecule has 1 N–H and O–H groups in total. The number of aromatic hydroxyl groups is 1. The van der Waals surface area contributed by atoms with Gasteiger partial charge in [-0.05, 0) is 24.3 Å². The van der Waals surface area contributed by atoms with Crippen LogP contribution in [0.2, 0.25) is 0 Å². The fourth-order valence-corrected chi connectivity index (χ4v) is 3.68. The van der Waals surface area contributed by atoms with Gasteiger partial charge in [-0.25, -0.2) is 8.42 Å². The molecule has 0 aromatic heterocycles. The molecule has 0 aliphatic carbocycles. The number of anilines is 1. The van der Waals surface area contributed by atoms with Crippen molar-refractivity contribution >= 4 is 21.6 Å². The topological polar surface area (TPSA) is 74.7 Å². The van der Waals surface area contributed by atoms with E-state index in [1.54, 1.807) is 18.2 Å². The highest BCUT2D eigenvalue weighted by atomic mass is 32.2. The zero-order valence-electron chi connectivity index (χ0n) is 9.65. The Bertz CT molecular complexity index is 768. The second kappa shape index (κ2) is 3.83. The van der Waals surface area contributed by atoms with Crippen molar-refractivity contribution in [2.75, 3.05) is 4.31 Å². The summed E-state index contributed by atoms with van der Waals surface area (Å²) in [6.45, 7) is 0. The monoisotopic (exact) mass is 275 g/mol. The summed E-state index contributed by atoms with van der Waals surface area (Å²) in [4.78, 5) is 12.1. The van der Waals surface area contributed by atoms with E-state index in [9.17, 15) is 18.3 Å². The molecule has 0 atom stereocenters. The molecular weight excluding hydrogens is 266 g/mol. The van der Waals surface area contributed by atoms with Crippen LogP contribution in [0.4, 0.5) is 5.69 Å². The Labute approximate surface area is 109 Å². The van der Waals surface area contributed by atoms with E-state index in [0.717, 1.165) is 0 Å². The van der Waals surface area contributed by atoms with Crippen molar-refractivity contribution < 1.29 is 18.3 Å². The first-order chi connectivity index (χ1) is 9.03. The predicted octanol–water partition coefficient (Wildman–Crippen LogP) is 1.74. The summed E-state index contributed by atoms with van der Waals surface area (Å²) in [6.07, 6.45) is 0. The van der Waals surface area contributed by atoms with Crippen molar-refractivity contribution in [2.45, 2.75) is 4.90 Å². The highest BCUT2D eigenvalue weighted by Gasteiger charge is 2.43. The van der Waals surface area contributed by atoms with Crippen LogP contribution in [0, 0.1) is 0 Å². The molecule has 0 saturated carbocycles. The van der Waals surface area contributed by atoms with E-state index in [0.29, 0.717) is 4.31 Å². The third-order valence-corrected chi connectivity index (χ3v) is 4.66. The Kier molecular flexibility index (Phi) is 2.36. The Morgan fingerprint density at radius 2 is 1.63 bits per heavy atom. The standard InChI is InChI=1S/C13H9NO4S/c15-10-7-4-8-11-12(10)13(16)14(19(11,17)18)9-5-2-1-3-6-9/h1-8,15H. The number of para-hydroxylation sites is 1. The van der Waals surface area contributed by atoms with Crippen LogP contribution in [-0.4, -0.2) is 19.4 Å². The summed E-state index contributed by atoms with van der Waals surface area (Å²) in [5, 5.41) is 9.69. The zero-order chi connectivity index (χ0) is 13.6. The summed E-state index contributed by atoms with van der Waals surface area (Å²) >= 11 is 0. The lowest BCUT2D eigenvalue weighted by Crippen LogP contribution is -2.29. The SMILES string of the molecule is O=C1c2c(O)cccc2S(=O)(=O)N1c1ccccc1. The summed E-state index contributed by atoms with van der Waals surface area (Å²) in [5.41, 5.74) is 0.0782. The molecule has 5 nitrogen and oxygen atoms in total. The van der Waals surface area contributed by atoms with Crippen LogP contribution >= 0.6 is 0 Å². The first kappa shape index (κ1) is 11.7. The smallest absolute Gasteiger partial charge is 0.277 e. The summed E-state index contributed by atoms with van der Waals surface area (Å²) < 4.78 is 25.4. The van der Waals surface area contributed by atoms with Crippen molar-refractivity contribution in [3.8, 4) is 5.75 Å². The molecule has 0 unspecified atom stereocenters. The van der Waals surface area contributed by atoms with Crippen LogP contribution in [0.25, 0.3) is 0 Å². The molecule has 2 aromatic carbocycles. The van der Waals surface area contributed by atoms with Gasteiger partial charge in [-0.1, -0.05) is 24.3 Å². The van der Waals surface area contributed by atoms with E-state index < -0.39 is 15.9 Å².